The Morgan fingerprint density at radius 1 is 0.795 bits per heavy atom. The molecule has 3 aromatic carbocycles. The van der Waals surface area contributed by atoms with Crippen LogP contribution in [0, 0.1) is 0 Å². The average Bonchev–Trinajstić information content (AvgIpc) is 3.56. The summed E-state index contributed by atoms with van der Waals surface area (Å²) in [5.41, 5.74) is 1.18. The Morgan fingerprint density at radius 2 is 1.54 bits per heavy atom. The molecule has 2 aliphatic rings. The van der Waals surface area contributed by atoms with E-state index in [4.69, 9.17) is 0 Å². The van der Waals surface area contributed by atoms with Crippen molar-refractivity contribution in [2.75, 3.05) is 26.2 Å². The van der Waals surface area contributed by atoms with Crippen molar-refractivity contribution >= 4 is 33.2 Å². The molecule has 6 rings (SSSR count). The fourth-order valence-electron chi connectivity index (χ4n) is 5.27. The summed E-state index contributed by atoms with van der Waals surface area (Å²) in [5, 5.41) is 4.48. The number of nitrogens with one attached hydrogen (secondary N) is 1. The van der Waals surface area contributed by atoms with Crippen LogP contribution < -0.4 is 5.32 Å². The van der Waals surface area contributed by atoms with Gasteiger partial charge in [-0.3, -0.25) is 9.59 Å². The van der Waals surface area contributed by atoms with Crippen LogP contribution >= 0.6 is 11.3 Å². The number of alkyl halides is 3. The molecule has 1 N–H and O–H groups in total. The van der Waals surface area contributed by atoms with Gasteiger partial charge in [0.25, 0.3) is 11.8 Å². The molecule has 39 heavy (non-hydrogen) atoms. The van der Waals surface area contributed by atoms with Gasteiger partial charge < -0.3 is 15.1 Å². The Labute approximate surface area is 227 Å². The molecule has 2 saturated heterocycles. The van der Waals surface area contributed by atoms with E-state index in [0.29, 0.717) is 47.7 Å². The van der Waals surface area contributed by atoms with Crippen LogP contribution in [0.2, 0.25) is 0 Å². The first-order valence-electron chi connectivity index (χ1n) is 12.9. The van der Waals surface area contributed by atoms with Crippen LogP contribution in [-0.2, 0) is 6.18 Å². The number of rotatable bonds is 5. The summed E-state index contributed by atoms with van der Waals surface area (Å²) >= 11 is 1.36. The summed E-state index contributed by atoms with van der Waals surface area (Å²) in [5.74, 6) is 0.00784. The summed E-state index contributed by atoms with van der Waals surface area (Å²) in [6, 6.07) is 22.3. The fraction of sp³-hybridized carbons (Fsp3) is 0.267. The van der Waals surface area contributed by atoms with E-state index in [1.54, 1.807) is 17.0 Å². The molecule has 0 bridgehead atoms. The predicted molar refractivity (Wildman–Crippen MR) is 146 cm³/mol. The van der Waals surface area contributed by atoms with Gasteiger partial charge in [-0.25, -0.2) is 0 Å². The normalized spacial score (nSPS) is 18.0. The van der Waals surface area contributed by atoms with Crippen LogP contribution in [0.4, 0.5) is 13.2 Å². The molecule has 0 spiro atoms. The van der Waals surface area contributed by atoms with Gasteiger partial charge in [-0.2, -0.15) is 13.2 Å². The highest BCUT2D eigenvalue weighted by Gasteiger charge is 2.36. The minimum Gasteiger partial charge on any atom is -0.337 e. The molecule has 3 heterocycles. The quantitative estimate of drug-likeness (QED) is 0.337. The molecule has 5 nitrogen and oxygen atoms in total. The Morgan fingerprint density at radius 3 is 2.31 bits per heavy atom. The van der Waals surface area contributed by atoms with Gasteiger partial charge in [0, 0.05) is 48.5 Å². The fourth-order valence-corrected chi connectivity index (χ4v) is 6.34. The highest BCUT2D eigenvalue weighted by molar-refractivity contribution is 7.20. The van der Waals surface area contributed by atoms with Gasteiger partial charge in [-0.05, 0) is 59.3 Å². The third kappa shape index (κ3) is 5.29. The lowest BCUT2D eigenvalue weighted by Gasteiger charge is -2.40. The van der Waals surface area contributed by atoms with E-state index >= 15 is 0 Å². The van der Waals surface area contributed by atoms with Crippen molar-refractivity contribution in [3.8, 4) is 11.1 Å². The van der Waals surface area contributed by atoms with Crippen LogP contribution in [-0.4, -0.2) is 59.9 Å². The third-order valence-corrected chi connectivity index (χ3v) is 8.48. The zero-order chi connectivity index (χ0) is 27.1. The second kappa shape index (κ2) is 10.1. The summed E-state index contributed by atoms with van der Waals surface area (Å²) in [6.07, 6.45) is -3.52. The van der Waals surface area contributed by atoms with E-state index in [-0.39, 0.29) is 23.9 Å². The minimum absolute atomic E-state index is 0.0397. The van der Waals surface area contributed by atoms with E-state index in [9.17, 15) is 22.8 Å². The number of hydrogen-bond donors (Lipinski definition) is 1. The molecular formula is C30H26F3N3O2S. The van der Waals surface area contributed by atoms with Crippen molar-refractivity contribution in [2.24, 2.45) is 0 Å². The van der Waals surface area contributed by atoms with Gasteiger partial charge >= 0.3 is 6.18 Å². The number of hydrogen-bond acceptors (Lipinski definition) is 4. The molecule has 2 amide bonds. The van der Waals surface area contributed by atoms with Crippen LogP contribution in [0.3, 0.4) is 0 Å². The van der Waals surface area contributed by atoms with Crippen molar-refractivity contribution in [2.45, 2.75) is 24.7 Å². The topological polar surface area (TPSA) is 52.7 Å². The van der Waals surface area contributed by atoms with Crippen LogP contribution in [0.5, 0.6) is 0 Å². The molecule has 2 fully saturated rings. The number of halogens is 3. The zero-order valence-corrected chi connectivity index (χ0v) is 21.8. The van der Waals surface area contributed by atoms with Crippen molar-refractivity contribution < 1.29 is 22.8 Å². The predicted octanol–water partition coefficient (Wildman–Crippen LogP) is 5.92. The molecular weight excluding hydrogens is 523 g/mol. The number of carbonyl (C=O) groups excluding carboxylic acids is 2. The summed E-state index contributed by atoms with van der Waals surface area (Å²) < 4.78 is 40.3. The molecule has 0 aliphatic carbocycles. The number of nitrogens with zero attached hydrogens (tertiary/aromatic N) is 2. The van der Waals surface area contributed by atoms with E-state index in [2.05, 4.69) is 5.32 Å². The maximum atomic E-state index is 13.1. The van der Waals surface area contributed by atoms with E-state index in [0.717, 1.165) is 28.6 Å². The Kier molecular flexibility index (Phi) is 6.64. The van der Waals surface area contributed by atoms with Crippen LogP contribution in [0.25, 0.3) is 21.2 Å². The summed E-state index contributed by atoms with van der Waals surface area (Å²) in [7, 11) is 0. The van der Waals surface area contributed by atoms with Crippen LogP contribution in [0.15, 0.2) is 78.9 Å². The highest BCUT2D eigenvalue weighted by atomic mass is 32.1. The second-order valence-corrected chi connectivity index (χ2v) is 11.2. The van der Waals surface area contributed by atoms with Crippen molar-refractivity contribution in [1.29, 1.82) is 0 Å². The number of fused-ring (bicyclic) bond motifs is 1. The van der Waals surface area contributed by atoms with Gasteiger partial charge in [0.1, 0.15) is 0 Å². The lowest BCUT2D eigenvalue weighted by Crippen LogP contribution is -2.61. The Bertz CT molecular complexity index is 1530. The molecule has 200 valence electrons. The largest absolute Gasteiger partial charge is 0.416 e. The van der Waals surface area contributed by atoms with E-state index in [1.165, 1.54) is 17.4 Å². The zero-order valence-electron chi connectivity index (χ0n) is 20.9. The maximum absolute atomic E-state index is 13.1. The Hall–Kier alpha value is -3.69. The van der Waals surface area contributed by atoms with Gasteiger partial charge in [0.15, 0.2) is 0 Å². The minimum atomic E-state index is -4.40. The molecule has 0 radical (unpaired) electrons. The lowest BCUT2D eigenvalue weighted by molar-refractivity contribution is -0.137. The summed E-state index contributed by atoms with van der Waals surface area (Å²) in [6.45, 7) is 2.57. The smallest absolute Gasteiger partial charge is 0.337 e. The number of thiophene rings is 1. The molecule has 1 unspecified atom stereocenters. The third-order valence-electron chi connectivity index (χ3n) is 7.39. The number of carbonyl (C=O) groups is 2. The molecule has 1 atom stereocenters. The first kappa shape index (κ1) is 25.6. The van der Waals surface area contributed by atoms with Gasteiger partial charge in [0.2, 0.25) is 0 Å². The standard InChI is InChI=1S/C30H26F3N3O2S/c31-30(32,33)23-8-4-7-20(13-23)21-9-10-22-15-27(39-26(22)14-21)29(38)36-17-25(18-36)34-24-11-12-35(16-24)28(37)19-5-2-1-3-6-19/h1-10,13-15,24-25,34H,11-12,16-18H2. The molecule has 2 aliphatic heterocycles. The highest BCUT2D eigenvalue weighted by Crippen LogP contribution is 2.35. The number of likely N-dealkylation sites (tertiary alicyclic amines) is 2. The van der Waals surface area contributed by atoms with Crippen molar-refractivity contribution in [1.82, 2.24) is 15.1 Å². The van der Waals surface area contributed by atoms with Crippen molar-refractivity contribution in [3.63, 3.8) is 0 Å². The second-order valence-electron chi connectivity index (χ2n) is 10.1. The number of benzene rings is 3. The van der Waals surface area contributed by atoms with Crippen molar-refractivity contribution in [3.05, 3.63) is 94.9 Å². The first-order chi connectivity index (χ1) is 18.7. The Balaban J connectivity index is 1.06. The SMILES string of the molecule is O=C(c1ccccc1)N1CCC(NC2CN(C(=O)c3cc4ccc(-c5cccc(C(F)(F)F)c5)cc4s3)C2)C1. The average molecular weight is 550 g/mol. The first-order valence-corrected chi connectivity index (χ1v) is 13.7. The molecule has 4 aromatic rings. The lowest BCUT2D eigenvalue weighted by atomic mass is 10.0. The summed E-state index contributed by atoms with van der Waals surface area (Å²) in [4.78, 5) is 30.1. The van der Waals surface area contributed by atoms with E-state index < -0.39 is 11.7 Å². The van der Waals surface area contributed by atoms with Gasteiger partial charge in [-0.15, -0.1) is 11.3 Å². The molecule has 1 aromatic heterocycles. The van der Waals surface area contributed by atoms with Gasteiger partial charge in [0.05, 0.1) is 10.4 Å². The van der Waals surface area contributed by atoms with Gasteiger partial charge in [-0.1, -0.05) is 42.5 Å². The monoisotopic (exact) mass is 549 g/mol. The number of amides is 2. The maximum Gasteiger partial charge on any atom is 0.416 e. The molecule has 0 saturated carbocycles. The van der Waals surface area contributed by atoms with Crippen LogP contribution in [0.1, 0.15) is 32.0 Å². The van der Waals surface area contributed by atoms with E-state index in [1.807, 2.05) is 53.4 Å². The molecule has 9 heteroatoms.